The lowest BCUT2D eigenvalue weighted by Gasteiger charge is -2.34. The van der Waals surface area contributed by atoms with Crippen molar-refractivity contribution in [3.63, 3.8) is 0 Å². The normalized spacial score (nSPS) is 21.5. The minimum Gasteiger partial charge on any atom is -0.468 e. The zero-order valence-electron chi connectivity index (χ0n) is 14.8. The van der Waals surface area contributed by atoms with Crippen molar-refractivity contribution in [2.24, 2.45) is 5.41 Å². The Bertz CT molecular complexity index is 733. The number of benzene rings is 1. The van der Waals surface area contributed by atoms with Gasteiger partial charge in [0.05, 0.1) is 17.4 Å². The summed E-state index contributed by atoms with van der Waals surface area (Å²) < 4.78 is 32.7. The van der Waals surface area contributed by atoms with E-state index >= 15 is 0 Å². The highest BCUT2D eigenvalue weighted by Crippen LogP contribution is 2.49. The van der Waals surface area contributed by atoms with E-state index in [-0.39, 0.29) is 16.3 Å². The van der Waals surface area contributed by atoms with Crippen molar-refractivity contribution >= 4 is 16.0 Å². The van der Waals surface area contributed by atoms with E-state index < -0.39 is 15.4 Å². The second-order valence-electron chi connectivity index (χ2n) is 7.48. The van der Waals surface area contributed by atoms with Gasteiger partial charge in [-0.25, -0.2) is 13.1 Å². The van der Waals surface area contributed by atoms with Crippen molar-refractivity contribution in [2.75, 3.05) is 26.7 Å². The van der Waals surface area contributed by atoms with Crippen molar-refractivity contribution in [3.8, 4) is 0 Å². The minimum absolute atomic E-state index is 0.0127. The number of esters is 1. The molecule has 0 amide bonds. The fraction of sp³-hybridized carbons (Fsp3) is 0.611. The second-order valence-corrected chi connectivity index (χ2v) is 9.25. The molecule has 1 aliphatic heterocycles. The van der Waals surface area contributed by atoms with Gasteiger partial charge in [0.1, 0.15) is 0 Å². The number of rotatable bonds is 6. The molecule has 0 atom stereocenters. The van der Waals surface area contributed by atoms with E-state index in [4.69, 9.17) is 4.74 Å². The van der Waals surface area contributed by atoms with Crippen LogP contribution in [0, 0.1) is 5.41 Å². The van der Waals surface area contributed by atoms with E-state index in [9.17, 15) is 13.2 Å². The van der Waals surface area contributed by atoms with Crippen molar-refractivity contribution in [3.05, 3.63) is 29.8 Å². The number of piperidine rings is 1. The van der Waals surface area contributed by atoms with E-state index in [0.29, 0.717) is 6.54 Å². The summed E-state index contributed by atoms with van der Waals surface area (Å²) in [6.07, 6.45) is 3.40. The number of nitrogens with one attached hydrogen (secondary N) is 2. The summed E-state index contributed by atoms with van der Waals surface area (Å²) in [5, 5.41) is 3.29. The highest BCUT2D eigenvalue weighted by Gasteiger charge is 2.52. The molecule has 1 aromatic carbocycles. The van der Waals surface area contributed by atoms with Crippen LogP contribution in [0.1, 0.15) is 38.2 Å². The molecule has 1 aliphatic carbocycles. The van der Waals surface area contributed by atoms with Gasteiger partial charge in [0.15, 0.2) is 0 Å². The molecule has 7 heteroatoms. The number of sulfonamides is 1. The van der Waals surface area contributed by atoms with Crippen molar-refractivity contribution < 1.29 is 17.9 Å². The Kier molecular flexibility index (Phi) is 4.92. The van der Waals surface area contributed by atoms with Crippen LogP contribution in [0.4, 0.5) is 0 Å². The summed E-state index contributed by atoms with van der Waals surface area (Å²) in [5.74, 6) is -0.250. The average molecular weight is 366 g/mol. The fourth-order valence-electron chi connectivity index (χ4n) is 3.44. The Labute approximate surface area is 149 Å². The van der Waals surface area contributed by atoms with Crippen LogP contribution in [-0.4, -0.2) is 41.1 Å². The van der Waals surface area contributed by atoms with E-state index in [1.165, 1.54) is 7.11 Å². The number of hydrogen-bond donors (Lipinski definition) is 2. The summed E-state index contributed by atoms with van der Waals surface area (Å²) in [5.41, 5.74) is 0.234. The highest BCUT2D eigenvalue weighted by atomic mass is 32.2. The Morgan fingerprint density at radius 2 is 1.76 bits per heavy atom. The van der Waals surface area contributed by atoms with E-state index in [0.717, 1.165) is 44.3 Å². The molecule has 0 radical (unpaired) electrons. The summed E-state index contributed by atoms with van der Waals surface area (Å²) in [7, 11) is -2.17. The molecule has 1 heterocycles. The third-order valence-corrected chi connectivity index (χ3v) is 6.96. The van der Waals surface area contributed by atoms with E-state index in [1.807, 2.05) is 0 Å². The average Bonchev–Trinajstić information content (AvgIpc) is 3.42. The third kappa shape index (κ3) is 3.73. The molecule has 0 aromatic heterocycles. The van der Waals surface area contributed by atoms with Gasteiger partial charge in [0, 0.05) is 6.54 Å². The van der Waals surface area contributed by atoms with Gasteiger partial charge >= 0.3 is 5.97 Å². The van der Waals surface area contributed by atoms with Gasteiger partial charge in [-0.2, -0.15) is 0 Å². The molecule has 1 saturated heterocycles. The van der Waals surface area contributed by atoms with Gasteiger partial charge < -0.3 is 10.1 Å². The zero-order valence-corrected chi connectivity index (χ0v) is 15.6. The number of ether oxygens (including phenoxy) is 1. The second kappa shape index (κ2) is 6.70. The van der Waals surface area contributed by atoms with Gasteiger partial charge in [-0.05, 0) is 61.9 Å². The monoisotopic (exact) mass is 366 g/mol. The standard InChI is InChI=1S/C18H26N2O4S/c1-17(9-11-19-12-10-17)13-20-25(22,23)15-5-3-14(4-6-15)18(7-8-18)16(21)24-2/h3-6,19-20H,7-13H2,1-2H3. The lowest BCUT2D eigenvalue weighted by molar-refractivity contribution is -0.143. The fourth-order valence-corrected chi connectivity index (χ4v) is 4.64. The first-order chi connectivity index (χ1) is 11.8. The molecule has 1 saturated carbocycles. The Balaban J connectivity index is 1.70. The quantitative estimate of drug-likeness (QED) is 0.747. The predicted molar refractivity (Wildman–Crippen MR) is 94.8 cm³/mol. The zero-order chi connectivity index (χ0) is 18.1. The Morgan fingerprint density at radius 1 is 1.16 bits per heavy atom. The van der Waals surface area contributed by atoms with Gasteiger partial charge in [-0.15, -0.1) is 0 Å². The maximum Gasteiger partial charge on any atom is 0.316 e. The molecule has 2 aliphatic rings. The number of carbonyl (C=O) groups is 1. The smallest absolute Gasteiger partial charge is 0.316 e. The molecule has 1 aromatic rings. The molecule has 0 unspecified atom stereocenters. The van der Waals surface area contributed by atoms with Gasteiger partial charge in [-0.3, -0.25) is 4.79 Å². The third-order valence-electron chi connectivity index (χ3n) is 5.54. The van der Waals surface area contributed by atoms with Crippen LogP contribution in [-0.2, 0) is 25.0 Å². The van der Waals surface area contributed by atoms with Crippen LogP contribution < -0.4 is 10.0 Å². The lowest BCUT2D eigenvalue weighted by Crippen LogP contribution is -2.42. The first-order valence-electron chi connectivity index (χ1n) is 8.71. The number of carbonyl (C=O) groups excluding carboxylic acids is 1. The van der Waals surface area contributed by atoms with Gasteiger partial charge in [0.25, 0.3) is 0 Å². The van der Waals surface area contributed by atoms with E-state index in [2.05, 4.69) is 17.0 Å². The van der Waals surface area contributed by atoms with Crippen LogP contribution in [0.2, 0.25) is 0 Å². The van der Waals surface area contributed by atoms with Crippen molar-refractivity contribution in [1.82, 2.24) is 10.0 Å². The maximum absolute atomic E-state index is 12.6. The topological polar surface area (TPSA) is 84.5 Å². The first kappa shape index (κ1) is 18.4. The molecule has 2 N–H and O–H groups in total. The van der Waals surface area contributed by atoms with Crippen molar-refractivity contribution in [1.29, 1.82) is 0 Å². The molecule has 2 fully saturated rings. The molecule has 6 nitrogen and oxygen atoms in total. The van der Waals surface area contributed by atoms with Crippen LogP contribution >= 0.6 is 0 Å². The summed E-state index contributed by atoms with van der Waals surface area (Å²) in [6.45, 7) is 4.39. The molecule has 25 heavy (non-hydrogen) atoms. The maximum atomic E-state index is 12.6. The highest BCUT2D eigenvalue weighted by molar-refractivity contribution is 7.89. The number of hydrogen-bond acceptors (Lipinski definition) is 5. The minimum atomic E-state index is -3.55. The molecule has 3 rings (SSSR count). The Morgan fingerprint density at radius 3 is 2.28 bits per heavy atom. The SMILES string of the molecule is COC(=O)C1(c2ccc(S(=O)(=O)NCC3(C)CCNCC3)cc2)CC1. The molecule has 138 valence electrons. The summed E-state index contributed by atoms with van der Waals surface area (Å²) in [4.78, 5) is 12.2. The van der Waals surface area contributed by atoms with Crippen LogP contribution in [0.25, 0.3) is 0 Å². The summed E-state index contributed by atoms with van der Waals surface area (Å²) in [6, 6.07) is 6.60. The number of methoxy groups -OCH3 is 1. The van der Waals surface area contributed by atoms with Gasteiger partial charge in [0.2, 0.25) is 10.0 Å². The van der Waals surface area contributed by atoms with Crippen molar-refractivity contribution in [2.45, 2.75) is 42.9 Å². The van der Waals surface area contributed by atoms with Crippen LogP contribution in [0.15, 0.2) is 29.2 Å². The lowest BCUT2D eigenvalue weighted by atomic mass is 9.81. The largest absolute Gasteiger partial charge is 0.468 e. The molecular weight excluding hydrogens is 340 g/mol. The summed E-state index contributed by atoms with van der Waals surface area (Å²) >= 11 is 0. The molecule has 0 spiro atoms. The van der Waals surface area contributed by atoms with Crippen LogP contribution in [0.3, 0.4) is 0 Å². The molecule has 0 bridgehead atoms. The first-order valence-corrected chi connectivity index (χ1v) is 10.2. The predicted octanol–water partition coefficient (Wildman–Crippen LogP) is 1.56. The molecular formula is C18H26N2O4S. The van der Waals surface area contributed by atoms with Crippen LogP contribution in [0.5, 0.6) is 0 Å². The Hall–Kier alpha value is -1.44. The van der Waals surface area contributed by atoms with Gasteiger partial charge in [-0.1, -0.05) is 19.1 Å². The van der Waals surface area contributed by atoms with E-state index in [1.54, 1.807) is 24.3 Å².